The van der Waals surface area contributed by atoms with Crippen molar-refractivity contribution in [2.75, 3.05) is 13.6 Å². The molecule has 1 saturated carbocycles. The number of likely N-dealkylation sites (N-methyl/N-ethyl adjacent to an activating group) is 1. The van der Waals surface area contributed by atoms with Crippen LogP contribution in [0.15, 0.2) is 53.5 Å². The van der Waals surface area contributed by atoms with Crippen molar-refractivity contribution >= 4 is 17.7 Å². The van der Waals surface area contributed by atoms with Crippen LogP contribution >= 0.6 is 0 Å². The Kier molecular flexibility index (Phi) is 4.21. The lowest BCUT2D eigenvalue weighted by Gasteiger charge is -2.34. The number of carbonyl (C=O) groups is 3. The van der Waals surface area contributed by atoms with E-state index in [1.165, 1.54) is 12.6 Å². The summed E-state index contributed by atoms with van der Waals surface area (Å²) >= 11 is 0. The van der Waals surface area contributed by atoms with Crippen LogP contribution in [0.25, 0.3) is 0 Å². The Hall–Kier alpha value is -3.13. The van der Waals surface area contributed by atoms with Crippen LogP contribution < -0.4 is 16.2 Å². The number of amides is 3. The first kappa shape index (κ1) is 18.9. The molecule has 0 spiro atoms. The van der Waals surface area contributed by atoms with E-state index in [9.17, 15) is 14.4 Å². The van der Waals surface area contributed by atoms with E-state index in [4.69, 9.17) is 0 Å². The maximum atomic E-state index is 12.9. The summed E-state index contributed by atoms with van der Waals surface area (Å²) < 4.78 is 0. The second-order valence-electron chi connectivity index (χ2n) is 8.44. The monoisotopic (exact) mass is 409 g/mol. The molecule has 8 heteroatoms. The lowest BCUT2D eigenvalue weighted by molar-refractivity contribution is -0.136. The van der Waals surface area contributed by atoms with Gasteiger partial charge in [0.15, 0.2) is 0 Å². The first-order valence-corrected chi connectivity index (χ1v) is 10.4. The van der Waals surface area contributed by atoms with E-state index in [-0.39, 0.29) is 24.7 Å². The molecule has 3 amide bonds. The summed E-state index contributed by atoms with van der Waals surface area (Å²) in [6.45, 7) is 2.34. The molecule has 1 aromatic rings. The molecule has 158 valence electrons. The van der Waals surface area contributed by atoms with Crippen molar-refractivity contribution in [1.82, 2.24) is 26.0 Å². The molecular weight excluding hydrogens is 382 g/mol. The molecule has 1 fully saturated rings. The Balaban J connectivity index is 0.00000231. The predicted octanol–water partition coefficient (Wildman–Crippen LogP) is 0.950. The molecule has 3 N–H and O–H groups in total. The van der Waals surface area contributed by atoms with Crippen LogP contribution in [0.1, 0.15) is 33.2 Å². The van der Waals surface area contributed by atoms with Crippen molar-refractivity contribution in [3.8, 4) is 0 Å². The number of hydrazine groups is 1. The number of carbonyl (C=O) groups excluding carboxylic acids is 3. The van der Waals surface area contributed by atoms with Gasteiger partial charge in [-0.05, 0) is 37.8 Å². The highest BCUT2D eigenvalue weighted by molar-refractivity contribution is 6.19. The summed E-state index contributed by atoms with van der Waals surface area (Å²) in [6.07, 6.45) is 4.33. The number of nitrogens with one attached hydrogen (secondary N) is 3. The highest BCUT2D eigenvalue weighted by Crippen LogP contribution is 2.53. The van der Waals surface area contributed by atoms with Crippen molar-refractivity contribution in [2.24, 2.45) is 5.92 Å². The molecule has 8 nitrogen and oxygen atoms in total. The summed E-state index contributed by atoms with van der Waals surface area (Å²) in [5, 5.41) is 2.93. The highest BCUT2D eigenvalue weighted by atomic mass is 16.2. The number of hydrogen-bond donors (Lipinski definition) is 3. The van der Waals surface area contributed by atoms with Crippen LogP contribution in [0, 0.1) is 5.92 Å². The van der Waals surface area contributed by atoms with Gasteiger partial charge in [0.2, 0.25) is 5.91 Å². The first-order chi connectivity index (χ1) is 14.4. The average Bonchev–Trinajstić information content (AvgIpc) is 3.47. The number of fused-ring (bicyclic) bond motifs is 1. The summed E-state index contributed by atoms with van der Waals surface area (Å²) in [5.74, 6) is 0.138. The predicted molar refractivity (Wildman–Crippen MR) is 111 cm³/mol. The van der Waals surface area contributed by atoms with Crippen molar-refractivity contribution in [2.45, 2.75) is 37.8 Å². The van der Waals surface area contributed by atoms with Gasteiger partial charge in [-0.1, -0.05) is 30.3 Å². The van der Waals surface area contributed by atoms with E-state index in [0.717, 1.165) is 17.7 Å². The van der Waals surface area contributed by atoms with Crippen LogP contribution in [0.2, 0.25) is 0 Å². The lowest BCUT2D eigenvalue weighted by Crippen LogP contribution is -2.52. The SMILES string of the molecule is C[C@@H](C(=O)NC1=CC2CC2(c2ccccc2)NN1)N1CCCC2=C1C(=O)N(C)C2=O.[HH]. The van der Waals surface area contributed by atoms with Crippen molar-refractivity contribution < 1.29 is 15.8 Å². The van der Waals surface area contributed by atoms with Gasteiger partial charge in [0, 0.05) is 26.5 Å². The number of imide groups is 1. The molecule has 0 aromatic heterocycles. The Morgan fingerprint density at radius 1 is 1.27 bits per heavy atom. The summed E-state index contributed by atoms with van der Waals surface area (Å²) in [4.78, 5) is 40.7. The molecule has 30 heavy (non-hydrogen) atoms. The molecule has 3 aliphatic heterocycles. The third-order valence-corrected chi connectivity index (χ3v) is 6.67. The minimum atomic E-state index is -0.568. The van der Waals surface area contributed by atoms with E-state index in [0.29, 0.717) is 36.0 Å². The lowest BCUT2D eigenvalue weighted by atomic mass is 10.0. The smallest absolute Gasteiger partial charge is 0.277 e. The number of benzene rings is 1. The van der Waals surface area contributed by atoms with Crippen LogP contribution in [0.3, 0.4) is 0 Å². The standard InChI is InChI=1S/C22H25N5O3.H2/c1-13(27-10-6-9-16-18(27)21(30)26(2)20(16)29)19(28)23-17-11-15-12-22(15,25-24-17)14-7-4-3-5-8-14;/h3-5,7-8,11,13,15,24-25H,6,9-10,12H2,1-2H3,(H,23,28);1H/t13-,15?,22?;/m0./s1. The second kappa shape index (κ2) is 6.70. The van der Waals surface area contributed by atoms with Gasteiger partial charge in [0.05, 0.1) is 5.54 Å². The minimum absolute atomic E-state index is 0. The van der Waals surface area contributed by atoms with Crippen molar-refractivity contribution in [3.05, 3.63) is 59.1 Å². The number of nitrogens with zero attached hydrogens (tertiary/aromatic N) is 2. The molecule has 0 bridgehead atoms. The maximum Gasteiger partial charge on any atom is 0.277 e. The molecule has 0 radical (unpaired) electrons. The zero-order valence-electron chi connectivity index (χ0n) is 17.1. The van der Waals surface area contributed by atoms with Gasteiger partial charge in [-0.3, -0.25) is 19.3 Å². The van der Waals surface area contributed by atoms with Gasteiger partial charge in [0.1, 0.15) is 17.6 Å². The van der Waals surface area contributed by atoms with Gasteiger partial charge in [-0.15, -0.1) is 0 Å². The third kappa shape index (κ3) is 2.74. The molecule has 3 heterocycles. The van der Waals surface area contributed by atoms with Gasteiger partial charge in [0.25, 0.3) is 11.8 Å². The van der Waals surface area contributed by atoms with Gasteiger partial charge in [-0.2, -0.15) is 0 Å². The maximum absolute atomic E-state index is 12.9. The summed E-state index contributed by atoms with van der Waals surface area (Å²) in [7, 11) is 1.49. The zero-order valence-corrected chi connectivity index (χ0v) is 17.1. The molecule has 5 rings (SSSR count). The Morgan fingerprint density at radius 2 is 2.03 bits per heavy atom. The number of rotatable bonds is 4. The largest absolute Gasteiger partial charge is 0.355 e. The normalized spacial score (nSPS) is 28.5. The molecule has 1 aliphatic carbocycles. The van der Waals surface area contributed by atoms with E-state index in [1.54, 1.807) is 11.8 Å². The molecule has 2 unspecified atom stereocenters. The van der Waals surface area contributed by atoms with E-state index < -0.39 is 6.04 Å². The van der Waals surface area contributed by atoms with Crippen molar-refractivity contribution in [3.63, 3.8) is 0 Å². The molecule has 3 atom stereocenters. The Morgan fingerprint density at radius 3 is 2.77 bits per heavy atom. The fraction of sp³-hybridized carbons (Fsp3) is 0.409. The van der Waals surface area contributed by atoms with Crippen LogP contribution in [-0.2, 0) is 19.9 Å². The summed E-state index contributed by atoms with van der Waals surface area (Å²) in [6, 6.07) is 9.69. The first-order valence-electron chi connectivity index (χ1n) is 10.4. The second-order valence-corrected chi connectivity index (χ2v) is 8.44. The zero-order chi connectivity index (χ0) is 21.0. The highest BCUT2D eigenvalue weighted by Gasteiger charge is 2.56. The average molecular weight is 409 g/mol. The van der Waals surface area contributed by atoms with Crippen LogP contribution in [-0.4, -0.2) is 47.2 Å². The molecular formula is C22H27N5O3. The van der Waals surface area contributed by atoms with Gasteiger partial charge >= 0.3 is 0 Å². The third-order valence-electron chi connectivity index (χ3n) is 6.67. The molecule has 1 aromatic carbocycles. The van der Waals surface area contributed by atoms with Gasteiger partial charge in [-0.25, -0.2) is 5.43 Å². The quantitative estimate of drug-likeness (QED) is 0.641. The summed E-state index contributed by atoms with van der Waals surface area (Å²) in [5.41, 5.74) is 8.49. The van der Waals surface area contributed by atoms with Crippen molar-refractivity contribution in [1.29, 1.82) is 0 Å². The fourth-order valence-electron chi connectivity index (χ4n) is 4.78. The van der Waals surface area contributed by atoms with E-state index >= 15 is 0 Å². The Labute approximate surface area is 176 Å². The van der Waals surface area contributed by atoms with E-state index in [1.807, 2.05) is 24.3 Å². The molecule has 4 aliphatic rings. The van der Waals surface area contributed by atoms with Crippen LogP contribution in [0.4, 0.5) is 0 Å². The fourth-order valence-corrected chi connectivity index (χ4v) is 4.78. The topological polar surface area (TPSA) is 93.8 Å². The van der Waals surface area contributed by atoms with Crippen LogP contribution in [0.5, 0.6) is 0 Å². The minimum Gasteiger partial charge on any atom is -0.355 e. The number of hydrogen-bond acceptors (Lipinski definition) is 6. The van der Waals surface area contributed by atoms with E-state index in [2.05, 4.69) is 28.3 Å². The molecule has 0 saturated heterocycles. The Bertz CT molecular complexity index is 1010. The van der Waals surface area contributed by atoms with Gasteiger partial charge < -0.3 is 15.6 Å².